The van der Waals surface area contributed by atoms with Crippen LogP contribution in [0.5, 0.6) is 5.75 Å². The molecule has 1 aliphatic heterocycles. The van der Waals surface area contributed by atoms with Gasteiger partial charge in [-0.2, -0.15) is 0 Å². The molecule has 0 saturated carbocycles. The van der Waals surface area contributed by atoms with E-state index in [0.717, 1.165) is 0 Å². The number of aliphatic carboxylic acids is 1. The van der Waals surface area contributed by atoms with E-state index in [1.807, 2.05) is 12.2 Å². The molecule has 133 heavy (non-hydrogen) atoms. The number of allylic oxidation sites excluding steroid dienone is 2. The highest BCUT2D eigenvalue weighted by Crippen LogP contribution is 2.25. The number of phenols is 1. The van der Waals surface area contributed by atoms with E-state index < -0.39 is 246 Å². The molecule has 4 aromatic rings. The zero-order valence-corrected chi connectivity index (χ0v) is 78.2. The van der Waals surface area contributed by atoms with Crippen LogP contribution >= 0.6 is 0 Å². The Kier molecular flexibility index (Phi) is 44.4. The number of rotatable bonds is 35. The first-order valence-corrected chi connectivity index (χ1v) is 45.1. The Bertz CT molecular complexity index is 4770. The van der Waals surface area contributed by atoms with Crippen molar-refractivity contribution in [1.82, 2.24) is 84.7 Å². The van der Waals surface area contributed by atoms with E-state index in [9.17, 15) is 77.6 Å². The average Bonchev–Trinajstić information content (AvgIpc) is 1.62. The fourth-order valence-corrected chi connectivity index (χ4v) is 14.8. The number of primary amides is 2. The first-order valence-electron chi connectivity index (χ1n) is 45.1. The van der Waals surface area contributed by atoms with E-state index in [2.05, 4.69) is 84.7 Å². The molecule has 0 saturated heterocycles. The molecule has 23 N–H and O–H groups in total. The monoisotopic (exact) mass is 1860 g/mol. The highest BCUT2D eigenvalue weighted by atomic mass is 16.4. The van der Waals surface area contributed by atoms with Crippen molar-refractivity contribution in [2.24, 2.45) is 29.2 Å². The third kappa shape index (κ3) is 36.9. The summed E-state index contributed by atoms with van der Waals surface area (Å²) in [6.07, 6.45) is 3.03. The molecule has 1 aromatic heterocycles. The van der Waals surface area contributed by atoms with Gasteiger partial charge in [0.1, 0.15) is 83.3 Å². The molecule has 730 valence electrons. The van der Waals surface area contributed by atoms with Crippen LogP contribution in [0.3, 0.4) is 0 Å². The maximum Gasteiger partial charge on any atom is 0.303 e. The number of hydrogen-bond donors (Lipinski definition) is 21. The first-order chi connectivity index (χ1) is 62.5. The molecule has 40 nitrogen and oxygen atoms in total. The molecular formula is C93H136N18O22. The summed E-state index contributed by atoms with van der Waals surface area (Å²) in [6.45, 7) is 19.8. The Labute approximate surface area is 774 Å². The number of ketones is 2. The van der Waals surface area contributed by atoms with Crippen LogP contribution in [-0.4, -0.2) is 235 Å². The number of benzene rings is 3. The summed E-state index contributed by atoms with van der Waals surface area (Å²) in [7, 11) is 0. The number of aromatic hydroxyl groups is 1. The number of phenolic OH excluding ortho intramolecular Hbond substituents is 1. The highest BCUT2D eigenvalue weighted by Gasteiger charge is 2.44. The van der Waals surface area contributed by atoms with Crippen molar-refractivity contribution in [3.63, 3.8) is 0 Å². The normalized spacial score (nSPS) is 22.2. The number of carboxylic acids is 1. The van der Waals surface area contributed by atoms with Crippen molar-refractivity contribution in [2.45, 2.75) is 308 Å². The smallest absolute Gasteiger partial charge is 0.303 e. The Morgan fingerprint density at radius 2 is 1.05 bits per heavy atom. The minimum atomic E-state index is -2.07. The first kappa shape index (κ1) is 111. The fourth-order valence-electron chi connectivity index (χ4n) is 14.8. The number of nitrogens with two attached hydrogens (primary N) is 2. The molecule has 5 unspecified atom stereocenters. The predicted molar refractivity (Wildman–Crippen MR) is 491 cm³/mol. The van der Waals surface area contributed by atoms with Gasteiger partial charge in [0.25, 0.3) is 0 Å². The van der Waals surface area contributed by atoms with Crippen LogP contribution in [0.25, 0.3) is 10.9 Å². The van der Waals surface area contributed by atoms with E-state index in [-0.39, 0.29) is 75.5 Å². The predicted octanol–water partition coefficient (Wildman–Crippen LogP) is 0.490. The van der Waals surface area contributed by atoms with Crippen molar-refractivity contribution in [3.8, 4) is 5.75 Å². The second-order valence-electron chi connectivity index (χ2n) is 35.6. The van der Waals surface area contributed by atoms with Crippen LogP contribution in [-0.2, 0) is 110 Å². The topological polar surface area (TPSA) is 633 Å². The van der Waals surface area contributed by atoms with Crippen LogP contribution < -0.4 is 91.2 Å². The van der Waals surface area contributed by atoms with Crippen LogP contribution in [0.1, 0.15) is 210 Å². The molecule has 1 aliphatic rings. The lowest BCUT2D eigenvalue weighted by molar-refractivity contribution is -0.140. The number of aliphatic hydroxyl groups excluding tert-OH is 1. The van der Waals surface area contributed by atoms with Crippen LogP contribution in [0, 0.1) is 17.8 Å². The molecule has 16 amide bonds. The van der Waals surface area contributed by atoms with Gasteiger partial charge in [0.05, 0.1) is 24.1 Å². The number of aliphatic hydroxyl groups is 1. The number of Topliss-reactive ketones (excluding diaryl/α,β-unsaturated/α-hetero) is 2. The second kappa shape index (κ2) is 53.5. The lowest BCUT2D eigenvalue weighted by atomic mass is 9.89. The Morgan fingerprint density at radius 3 is 1.62 bits per heavy atom. The molecule has 0 bridgehead atoms. The minimum absolute atomic E-state index is 0.0767. The van der Waals surface area contributed by atoms with E-state index in [1.54, 1.807) is 88.5 Å². The fraction of sp³-hybridized carbons (Fsp3) is 0.559. The van der Waals surface area contributed by atoms with Crippen molar-refractivity contribution >= 4 is 123 Å². The van der Waals surface area contributed by atoms with E-state index in [0.29, 0.717) is 59.7 Å². The number of H-pyrrole nitrogens is 1. The van der Waals surface area contributed by atoms with Crippen LogP contribution in [0.2, 0.25) is 0 Å². The molecule has 0 radical (unpaired) electrons. The van der Waals surface area contributed by atoms with E-state index in [4.69, 9.17) is 11.5 Å². The summed E-state index contributed by atoms with van der Waals surface area (Å²) >= 11 is 0. The average molecular weight is 1860 g/mol. The van der Waals surface area contributed by atoms with Gasteiger partial charge >= 0.3 is 5.97 Å². The van der Waals surface area contributed by atoms with Gasteiger partial charge in [0.2, 0.25) is 106 Å². The maximum absolute atomic E-state index is 15.6. The van der Waals surface area contributed by atoms with Gasteiger partial charge in [0, 0.05) is 62.7 Å². The number of carboxylic acid groups (broad SMARTS) is 1. The number of para-hydroxylation sites is 1. The molecule has 3 aromatic carbocycles. The van der Waals surface area contributed by atoms with Gasteiger partial charge in [-0.3, -0.25) is 91.1 Å². The largest absolute Gasteiger partial charge is 0.508 e. The van der Waals surface area contributed by atoms with Crippen molar-refractivity contribution in [2.75, 3.05) is 6.54 Å². The number of hydrogen-bond acceptors (Lipinski definition) is 22. The third-order valence-corrected chi connectivity index (χ3v) is 22.7. The van der Waals surface area contributed by atoms with Gasteiger partial charge in [-0.1, -0.05) is 120 Å². The molecule has 17 atom stereocenters. The number of aromatic amines is 1. The zero-order chi connectivity index (χ0) is 99.3. The van der Waals surface area contributed by atoms with Gasteiger partial charge in [-0.05, 0) is 173 Å². The summed E-state index contributed by atoms with van der Waals surface area (Å²) in [5.74, 6) is -19.8. The lowest BCUT2D eigenvalue weighted by Crippen LogP contribution is -2.65. The lowest BCUT2D eigenvalue weighted by Gasteiger charge is -2.34. The molecule has 2 heterocycles. The van der Waals surface area contributed by atoms with Crippen LogP contribution in [0.4, 0.5) is 0 Å². The zero-order valence-electron chi connectivity index (χ0n) is 78.2. The number of carbonyl (C=O) groups is 19. The van der Waals surface area contributed by atoms with Gasteiger partial charge in [0.15, 0.2) is 0 Å². The molecule has 5 rings (SSSR count). The summed E-state index contributed by atoms with van der Waals surface area (Å²) in [4.78, 5) is 269. The number of carbonyl (C=O) groups excluding carboxylic acids is 18. The highest BCUT2D eigenvalue weighted by molar-refractivity contribution is 6.41. The molecule has 0 fully saturated rings. The van der Waals surface area contributed by atoms with E-state index in [1.165, 1.54) is 93.5 Å². The Morgan fingerprint density at radius 1 is 0.511 bits per heavy atom. The molecule has 40 heteroatoms. The van der Waals surface area contributed by atoms with Crippen LogP contribution in [0.15, 0.2) is 97.2 Å². The summed E-state index contributed by atoms with van der Waals surface area (Å²) in [6, 6.07) is 1.50. The summed E-state index contributed by atoms with van der Waals surface area (Å²) in [5, 5.41) is 71.5. The molecular weight excluding hydrogens is 1720 g/mol. The minimum Gasteiger partial charge on any atom is -0.508 e. The second-order valence-corrected chi connectivity index (χ2v) is 35.6. The van der Waals surface area contributed by atoms with Gasteiger partial charge in [-0.25, -0.2) is 0 Å². The quantitative estimate of drug-likeness (QED) is 0.0220. The Balaban J connectivity index is 1.61. The number of fused-ring (bicyclic) bond motifs is 1. The Hall–Kier alpha value is -13.0. The van der Waals surface area contributed by atoms with E-state index >= 15 is 28.8 Å². The van der Waals surface area contributed by atoms with Gasteiger partial charge < -0.3 is 112 Å². The number of amides is 16. The SMILES string of the molecule is CC(=O)N[C@@H](CC(C)C)C(=O)N[C@H](C(=O)N[C@@H](Cc1ccccc1)C(=O)N[C@@]1(C)CCCCCC/C=C/CCC[C@@](C)(C(=O)NC(C)C(=O)N[C@@H](C)C(=O)NC(C)C(=O)N[C@@H](C)C(=O)NC(C)C(N)=O)NC(=O)[C@H](CC(C)C)CN[C@@H](CCC(N)=O)C(=O)C(=O)C(C)NC(=O)[C@H](Cc2c[nH]c3ccccc23)NC(=O)C(Cc2ccc(O)cc2)NC(=O)[C@H](CCC(=O)O)NC1=O)[C@@H](C)O. The van der Waals surface area contributed by atoms with Crippen molar-refractivity contribution < 1.29 is 106 Å². The maximum atomic E-state index is 15.6. The molecule has 0 spiro atoms. The summed E-state index contributed by atoms with van der Waals surface area (Å²) < 4.78 is 0. The number of aromatic nitrogens is 1. The van der Waals surface area contributed by atoms with Crippen molar-refractivity contribution in [1.29, 1.82) is 0 Å². The molecule has 0 aliphatic carbocycles. The van der Waals surface area contributed by atoms with Crippen molar-refractivity contribution in [3.05, 3.63) is 114 Å². The summed E-state index contributed by atoms with van der Waals surface area (Å²) in [5.41, 5.74) is 8.81. The standard InChI is InChI=1S/C93H136N18O22/c1-50(2)43-63-49-97-67(37-39-73(94)115)77(119)76(118)52(5)98-85(127)72(47-62-48-96-66-32-26-25-31-65(62)66)106-86(128)70(46-61-33-35-64(114)36-34-61)105-84(126)68(38-40-74(116)117)108-91(133)93(14,111-88(130)71(45-60-29-23-22-24-30-60)107-89(131)75(58(11)112)109-87(129)69(44-51(3)4)104-59(12)113)42-28-21-19-17-15-16-18-20-27-41-92(13,110-83(63)125)90(132)103-57(10)82(124)102-56(9)81(123)101-55(8)80(122)100-54(7)79(121)99-53(6)78(95)120/h16,18,22-26,29-36,48,50-58,63,67-72,75,96-97,112,114H,15,17,19-21,27-28,37-47,49H2,1-14H3,(H2,94,115)(H2,95,120)(H,98,127)(H,99,121)(H,100,122)(H,101,123)(H,102,124)(H,103,132)(H,104,113)(H,105,126)(H,106,128)(H,107,131)(H,108,133)(H,109,129)(H,110,125)(H,111,130)(H,116,117)/b18-16+/t52?,53?,54-,55?,56-,57?,58+,63+,67-,68-,69-,70?,71-,72-,75-,92-,93-/m0/s1. The van der Waals surface area contributed by atoms with Gasteiger partial charge in [-0.15, -0.1) is 0 Å². The third-order valence-electron chi connectivity index (χ3n) is 22.7. The number of nitrogens with one attached hydrogen (secondary N) is 16.